The maximum absolute atomic E-state index is 5.92. The molecule has 0 aromatic carbocycles. The van der Waals surface area contributed by atoms with E-state index in [-0.39, 0.29) is 4.75 Å². The second-order valence-electron chi connectivity index (χ2n) is 5.14. The largest absolute Gasteiger partial charge is 0.477 e. The molecule has 1 aliphatic heterocycles. The first-order chi connectivity index (χ1) is 9.73. The van der Waals surface area contributed by atoms with E-state index >= 15 is 0 Å². The molecule has 2 N–H and O–H groups in total. The van der Waals surface area contributed by atoms with Crippen molar-refractivity contribution in [2.24, 2.45) is 5.73 Å². The molecule has 2 rings (SSSR count). The van der Waals surface area contributed by atoms with E-state index < -0.39 is 0 Å². The van der Waals surface area contributed by atoms with E-state index in [4.69, 9.17) is 10.5 Å². The topological polar surface area (TPSA) is 64.3 Å². The number of nitrogens with zero attached hydrogens (tertiary/aromatic N) is 3. The van der Waals surface area contributed by atoms with Crippen LogP contribution in [0.2, 0.25) is 0 Å². The van der Waals surface area contributed by atoms with Crippen molar-refractivity contribution < 1.29 is 4.74 Å². The Bertz CT molecular complexity index is 415. The fraction of sp³-hybridized carbons (Fsp3) is 0.714. The summed E-state index contributed by atoms with van der Waals surface area (Å²) in [4.78, 5) is 11.0. The molecule has 0 spiro atoms. The molecule has 6 heteroatoms. The minimum Gasteiger partial charge on any atom is -0.477 e. The smallest absolute Gasteiger partial charge is 0.234 e. The fourth-order valence-corrected chi connectivity index (χ4v) is 3.16. The van der Waals surface area contributed by atoms with E-state index in [2.05, 4.69) is 28.0 Å². The normalized spacial score (nSPS) is 18.1. The van der Waals surface area contributed by atoms with Gasteiger partial charge in [-0.25, -0.2) is 0 Å². The lowest BCUT2D eigenvalue weighted by Gasteiger charge is -2.40. The summed E-state index contributed by atoms with van der Waals surface area (Å²) in [6, 6.07) is 0. The van der Waals surface area contributed by atoms with E-state index in [0.29, 0.717) is 12.5 Å². The molecule has 0 radical (unpaired) electrons. The average Bonchev–Trinajstić information content (AvgIpc) is 2.53. The summed E-state index contributed by atoms with van der Waals surface area (Å²) in [6.07, 6.45) is 8.80. The highest BCUT2D eigenvalue weighted by atomic mass is 32.2. The summed E-state index contributed by atoms with van der Waals surface area (Å²) < 4.78 is 5.78. The molecule has 0 saturated carbocycles. The number of ether oxygens (including phenoxy) is 1. The Kier molecular flexibility index (Phi) is 5.48. The average molecular weight is 296 g/mol. The maximum Gasteiger partial charge on any atom is 0.234 e. The first-order valence-corrected chi connectivity index (χ1v) is 8.40. The first kappa shape index (κ1) is 15.4. The monoisotopic (exact) mass is 296 g/mol. The van der Waals surface area contributed by atoms with Crippen LogP contribution in [-0.2, 0) is 0 Å². The molecule has 0 atom stereocenters. The van der Waals surface area contributed by atoms with Crippen LogP contribution in [0.25, 0.3) is 0 Å². The third kappa shape index (κ3) is 3.55. The summed E-state index contributed by atoms with van der Waals surface area (Å²) in [5.41, 5.74) is 5.92. The Morgan fingerprint density at radius 3 is 2.75 bits per heavy atom. The summed E-state index contributed by atoms with van der Waals surface area (Å²) in [5, 5.41) is 0. The fourth-order valence-electron chi connectivity index (χ4n) is 2.40. The zero-order chi connectivity index (χ0) is 14.4. The third-order valence-corrected chi connectivity index (χ3v) is 5.30. The lowest BCUT2D eigenvalue weighted by Crippen LogP contribution is -2.46. The molecule has 1 fully saturated rings. The zero-order valence-electron chi connectivity index (χ0n) is 12.3. The van der Waals surface area contributed by atoms with E-state index in [1.54, 1.807) is 6.20 Å². The van der Waals surface area contributed by atoms with Gasteiger partial charge < -0.3 is 15.4 Å². The Balaban J connectivity index is 1.99. The van der Waals surface area contributed by atoms with Gasteiger partial charge in [0, 0.05) is 24.4 Å². The Hall–Kier alpha value is -1.01. The Morgan fingerprint density at radius 2 is 2.15 bits per heavy atom. The summed E-state index contributed by atoms with van der Waals surface area (Å²) in [7, 11) is 0. The van der Waals surface area contributed by atoms with Crippen molar-refractivity contribution in [1.82, 2.24) is 9.97 Å². The van der Waals surface area contributed by atoms with Crippen LogP contribution in [-0.4, -0.2) is 47.2 Å². The van der Waals surface area contributed by atoms with Crippen LogP contribution in [0.5, 0.6) is 5.88 Å². The number of rotatable bonds is 6. The van der Waals surface area contributed by atoms with Gasteiger partial charge in [-0.1, -0.05) is 6.92 Å². The van der Waals surface area contributed by atoms with Crippen LogP contribution in [0, 0.1) is 0 Å². The van der Waals surface area contributed by atoms with E-state index in [0.717, 1.165) is 44.7 Å². The molecular formula is C14H24N4OS. The van der Waals surface area contributed by atoms with Gasteiger partial charge in [0.1, 0.15) is 0 Å². The predicted molar refractivity (Wildman–Crippen MR) is 84.6 cm³/mol. The molecule has 1 saturated heterocycles. The molecule has 1 aromatic rings. The molecular weight excluding hydrogens is 272 g/mol. The van der Waals surface area contributed by atoms with Gasteiger partial charge in [0.05, 0.1) is 19.0 Å². The first-order valence-electron chi connectivity index (χ1n) is 7.18. The molecule has 112 valence electrons. The van der Waals surface area contributed by atoms with Gasteiger partial charge in [0.25, 0.3) is 0 Å². The number of anilines is 1. The molecule has 0 bridgehead atoms. The van der Waals surface area contributed by atoms with Gasteiger partial charge in [0.15, 0.2) is 5.82 Å². The highest BCUT2D eigenvalue weighted by Gasteiger charge is 2.33. The van der Waals surface area contributed by atoms with Gasteiger partial charge in [-0.15, -0.1) is 0 Å². The number of hydrogen-bond acceptors (Lipinski definition) is 6. The second-order valence-corrected chi connectivity index (χ2v) is 6.42. The van der Waals surface area contributed by atoms with Crippen molar-refractivity contribution in [2.75, 3.05) is 37.4 Å². The van der Waals surface area contributed by atoms with Crippen molar-refractivity contribution in [2.45, 2.75) is 30.9 Å². The predicted octanol–water partition coefficient (Wildman–Crippen LogP) is 1.93. The number of piperidine rings is 1. The molecule has 1 aromatic heterocycles. The van der Waals surface area contributed by atoms with Crippen molar-refractivity contribution >= 4 is 17.6 Å². The van der Waals surface area contributed by atoms with Crippen molar-refractivity contribution in [1.29, 1.82) is 0 Å². The van der Waals surface area contributed by atoms with Gasteiger partial charge in [-0.3, -0.25) is 4.98 Å². The Morgan fingerprint density at radius 1 is 1.40 bits per heavy atom. The molecule has 2 heterocycles. The number of nitrogens with two attached hydrogens (primary N) is 1. The van der Waals surface area contributed by atoms with Crippen LogP contribution in [0.4, 0.5) is 5.82 Å². The highest BCUT2D eigenvalue weighted by Crippen LogP contribution is 2.34. The van der Waals surface area contributed by atoms with E-state index in [1.807, 2.05) is 18.0 Å². The van der Waals surface area contributed by atoms with Crippen LogP contribution in [0.1, 0.15) is 26.2 Å². The standard InChI is InChI=1S/C14H24N4OS/c1-3-8-19-13-10-16-9-12(17-13)18-6-4-14(11-15,20-2)5-7-18/h9-10H,3-8,11,15H2,1-2H3. The van der Waals surface area contributed by atoms with Gasteiger partial charge in [-0.05, 0) is 25.5 Å². The van der Waals surface area contributed by atoms with Crippen LogP contribution < -0.4 is 15.4 Å². The van der Waals surface area contributed by atoms with Crippen LogP contribution in [0.15, 0.2) is 12.4 Å². The van der Waals surface area contributed by atoms with Crippen molar-refractivity contribution in [3.8, 4) is 5.88 Å². The molecule has 5 nitrogen and oxygen atoms in total. The summed E-state index contributed by atoms with van der Waals surface area (Å²) in [5.74, 6) is 1.52. The molecule has 1 aliphatic rings. The highest BCUT2D eigenvalue weighted by molar-refractivity contribution is 8.00. The summed E-state index contributed by atoms with van der Waals surface area (Å²) >= 11 is 1.89. The SMILES string of the molecule is CCCOc1cncc(N2CCC(CN)(SC)CC2)n1. The van der Waals surface area contributed by atoms with Crippen molar-refractivity contribution in [3.05, 3.63) is 12.4 Å². The quantitative estimate of drug-likeness (QED) is 0.865. The summed E-state index contributed by atoms with van der Waals surface area (Å²) in [6.45, 7) is 5.46. The maximum atomic E-state index is 5.92. The zero-order valence-corrected chi connectivity index (χ0v) is 13.2. The second kappa shape index (κ2) is 7.13. The van der Waals surface area contributed by atoms with Crippen LogP contribution >= 0.6 is 11.8 Å². The Labute approximate surface area is 125 Å². The van der Waals surface area contributed by atoms with E-state index in [1.165, 1.54) is 0 Å². The van der Waals surface area contributed by atoms with Gasteiger partial charge in [-0.2, -0.15) is 16.7 Å². The third-order valence-electron chi connectivity index (χ3n) is 3.86. The minimum absolute atomic E-state index is 0.236. The van der Waals surface area contributed by atoms with E-state index in [9.17, 15) is 0 Å². The van der Waals surface area contributed by atoms with Gasteiger partial charge >= 0.3 is 0 Å². The molecule has 20 heavy (non-hydrogen) atoms. The number of thioether (sulfide) groups is 1. The number of hydrogen-bond donors (Lipinski definition) is 1. The molecule has 0 unspecified atom stereocenters. The molecule has 0 amide bonds. The lowest BCUT2D eigenvalue weighted by molar-refractivity contribution is 0.303. The minimum atomic E-state index is 0.236. The van der Waals surface area contributed by atoms with Gasteiger partial charge in [0.2, 0.25) is 5.88 Å². The van der Waals surface area contributed by atoms with Crippen LogP contribution in [0.3, 0.4) is 0 Å². The molecule has 0 aliphatic carbocycles. The number of aromatic nitrogens is 2. The van der Waals surface area contributed by atoms with Crippen molar-refractivity contribution in [3.63, 3.8) is 0 Å². The lowest BCUT2D eigenvalue weighted by atomic mass is 9.96.